The minimum absolute atomic E-state index is 0.183. The molecule has 20 heavy (non-hydrogen) atoms. The van der Waals surface area contributed by atoms with Gasteiger partial charge in [0.15, 0.2) is 0 Å². The van der Waals surface area contributed by atoms with Gasteiger partial charge in [-0.3, -0.25) is 0 Å². The van der Waals surface area contributed by atoms with Gasteiger partial charge in [-0.25, -0.2) is 14.5 Å². The van der Waals surface area contributed by atoms with E-state index in [0.717, 1.165) is 15.7 Å². The fourth-order valence-electron chi connectivity index (χ4n) is 1.91. The predicted octanol–water partition coefficient (Wildman–Crippen LogP) is 3.33. The van der Waals surface area contributed by atoms with Crippen LogP contribution < -0.4 is 0 Å². The second kappa shape index (κ2) is 5.01. The molecule has 0 amide bonds. The van der Waals surface area contributed by atoms with E-state index < -0.39 is 5.97 Å². The van der Waals surface area contributed by atoms with Crippen molar-refractivity contribution < 1.29 is 9.90 Å². The molecule has 2 aromatic rings. The average molecular weight is 338 g/mol. The van der Waals surface area contributed by atoms with Gasteiger partial charge in [0.05, 0.1) is 5.69 Å². The van der Waals surface area contributed by atoms with Crippen LogP contribution in [0.15, 0.2) is 22.7 Å². The summed E-state index contributed by atoms with van der Waals surface area (Å²) in [6.07, 6.45) is 0. The van der Waals surface area contributed by atoms with Gasteiger partial charge in [0.2, 0.25) is 0 Å². The second-order valence-corrected chi connectivity index (χ2v) is 6.57. The number of aryl methyl sites for hydroxylation is 1. The maximum Gasteiger partial charge on any atom is 0.375 e. The quantitative estimate of drug-likeness (QED) is 0.912. The van der Waals surface area contributed by atoms with Crippen LogP contribution in [-0.4, -0.2) is 25.8 Å². The van der Waals surface area contributed by atoms with Crippen LogP contribution in [0.1, 0.15) is 42.8 Å². The third kappa shape index (κ3) is 2.75. The summed E-state index contributed by atoms with van der Waals surface area (Å²) >= 11 is 3.42. The van der Waals surface area contributed by atoms with Crippen molar-refractivity contribution in [1.82, 2.24) is 14.8 Å². The number of carbonyl (C=O) groups is 1. The highest BCUT2D eigenvalue weighted by Gasteiger charge is 2.26. The Labute approximate surface area is 125 Å². The van der Waals surface area contributed by atoms with Crippen LogP contribution >= 0.6 is 15.9 Å². The lowest BCUT2D eigenvalue weighted by atomic mass is 9.95. The van der Waals surface area contributed by atoms with Gasteiger partial charge in [0.25, 0.3) is 5.82 Å². The molecule has 0 radical (unpaired) electrons. The Morgan fingerprint density at radius 1 is 1.35 bits per heavy atom. The molecular weight excluding hydrogens is 322 g/mol. The Morgan fingerprint density at radius 2 is 2.00 bits per heavy atom. The summed E-state index contributed by atoms with van der Waals surface area (Å²) in [7, 11) is 0. The van der Waals surface area contributed by atoms with Crippen LogP contribution in [0, 0.1) is 6.92 Å². The number of carboxylic acids is 1. The highest BCUT2D eigenvalue weighted by atomic mass is 79.9. The molecule has 0 aliphatic carbocycles. The molecule has 6 heteroatoms. The minimum atomic E-state index is -1.12. The average Bonchev–Trinajstić information content (AvgIpc) is 2.73. The molecule has 0 aliphatic rings. The van der Waals surface area contributed by atoms with Gasteiger partial charge in [0, 0.05) is 9.89 Å². The van der Waals surface area contributed by atoms with Gasteiger partial charge in [-0.15, -0.1) is 5.10 Å². The molecule has 106 valence electrons. The second-order valence-electron chi connectivity index (χ2n) is 5.66. The molecule has 0 unspecified atom stereocenters. The number of benzene rings is 1. The topological polar surface area (TPSA) is 68.0 Å². The SMILES string of the molecule is Cc1cc(Br)ccc1-n1nc(C(=O)O)nc1C(C)(C)C. The molecule has 0 spiro atoms. The zero-order valence-electron chi connectivity index (χ0n) is 11.8. The van der Waals surface area contributed by atoms with Crippen molar-refractivity contribution in [2.75, 3.05) is 0 Å². The number of hydrogen-bond acceptors (Lipinski definition) is 3. The standard InChI is InChI=1S/C14H16BrN3O2/c1-8-7-9(15)5-6-10(8)18-13(14(2,3)4)16-11(17-18)12(19)20/h5-7H,1-4H3,(H,19,20). The smallest absolute Gasteiger partial charge is 0.375 e. The van der Waals surface area contributed by atoms with Crippen LogP contribution in [0.3, 0.4) is 0 Å². The van der Waals surface area contributed by atoms with Crippen molar-refractivity contribution in [2.24, 2.45) is 0 Å². The van der Waals surface area contributed by atoms with Crippen LogP contribution in [0.5, 0.6) is 0 Å². The Kier molecular flexibility index (Phi) is 3.69. The van der Waals surface area contributed by atoms with Crippen molar-refractivity contribution in [3.8, 4) is 5.69 Å². The predicted molar refractivity (Wildman–Crippen MR) is 79.5 cm³/mol. The molecule has 2 rings (SSSR count). The lowest BCUT2D eigenvalue weighted by Gasteiger charge is -2.19. The van der Waals surface area contributed by atoms with E-state index in [1.165, 1.54) is 0 Å². The summed E-state index contributed by atoms with van der Waals surface area (Å²) in [5, 5.41) is 13.2. The third-order valence-corrected chi connectivity index (χ3v) is 3.35. The van der Waals surface area contributed by atoms with Crippen molar-refractivity contribution in [3.05, 3.63) is 39.9 Å². The summed E-state index contributed by atoms with van der Waals surface area (Å²) in [6.45, 7) is 7.89. The van der Waals surface area contributed by atoms with Crippen molar-refractivity contribution >= 4 is 21.9 Å². The Bertz CT molecular complexity index is 672. The molecule has 0 fully saturated rings. The minimum Gasteiger partial charge on any atom is -0.475 e. The van der Waals surface area contributed by atoms with Gasteiger partial charge < -0.3 is 5.11 Å². The van der Waals surface area contributed by atoms with Crippen molar-refractivity contribution in [1.29, 1.82) is 0 Å². The highest BCUT2D eigenvalue weighted by Crippen LogP contribution is 2.26. The molecule has 5 nitrogen and oxygen atoms in total. The molecule has 1 heterocycles. The maximum absolute atomic E-state index is 11.1. The van der Waals surface area contributed by atoms with Gasteiger partial charge in [-0.2, -0.15) is 0 Å². The summed E-state index contributed by atoms with van der Waals surface area (Å²) in [5.74, 6) is -0.679. The van der Waals surface area contributed by atoms with Gasteiger partial charge in [-0.1, -0.05) is 36.7 Å². The van der Waals surface area contributed by atoms with E-state index in [0.29, 0.717) is 5.82 Å². The number of aromatic nitrogens is 3. The van der Waals surface area contributed by atoms with E-state index >= 15 is 0 Å². The van der Waals surface area contributed by atoms with E-state index in [2.05, 4.69) is 26.0 Å². The Hall–Kier alpha value is -1.69. The number of hydrogen-bond donors (Lipinski definition) is 1. The zero-order chi connectivity index (χ0) is 15.1. The van der Waals surface area contributed by atoms with E-state index in [9.17, 15) is 4.79 Å². The largest absolute Gasteiger partial charge is 0.475 e. The molecule has 1 aromatic heterocycles. The van der Waals surface area contributed by atoms with Gasteiger partial charge in [0.1, 0.15) is 5.82 Å². The molecule has 0 saturated heterocycles. The van der Waals surface area contributed by atoms with Crippen LogP contribution in [-0.2, 0) is 5.41 Å². The summed E-state index contributed by atoms with van der Waals surface area (Å²) < 4.78 is 2.58. The number of carboxylic acid groups (broad SMARTS) is 1. The van der Waals surface area contributed by atoms with Gasteiger partial charge >= 0.3 is 5.97 Å². The Balaban J connectivity index is 2.69. The first-order chi connectivity index (χ1) is 9.20. The first-order valence-electron chi connectivity index (χ1n) is 6.17. The summed E-state index contributed by atoms with van der Waals surface area (Å²) in [5.41, 5.74) is 1.52. The molecule has 0 saturated carbocycles. The monoisotopic (exact) mass is 337 g/mol. The van der Waals surface area contributed by atoms with E-state index in [-0.39, 0.29) is 11.2 Å². The molecule has 0 atom stereocenters. The molecule has 1 aromatic carbocycles. The summed E-state index contributed by atoms with van der Waals surface area (Å²) in [6, 6.07) is 5.76. The number of halogens is 1. The fraction of sp³-hybridized carbons (Fsp3) is 0.357. The lowest BCUT2D eigenvalue weighted by molar-refractivity contribution is 0.0683. The number of rotatable bonds is 2. The van der Waals surface area contributed by atoms with Crippen molar-refractivity contribution in [2.45, 2.75) is 33.1 Å². The normalized spacial score (nSPS) is 11.7. The molecule has 0 aliphatic heterocycles. The highest BCUT2D eigenvalue weighted by molar-refractivity contribution is 9.10. The first-order valence-corrected chi connectivity index (χ1v) is 6.97. The van der Waals surface area contributed by atoms with Crippen molar-refractivity contribution in [3.63, 3.8) is 0 Å². The van der Waals surface area contributed by atoms with E-state index in [4.69, 9.17) is 5.11 Å². The number of nitrogens with zero attached hydrogens (tertiary/aromatic N) is 3. The fourth-order valence-corrected chi connectivity index (χ4v) is 2.39. The third-order valence-electron chi connectivity index (χ3n) is 2.86. The first kappa shape index (κ1) is 14.7. The molecule has 1 N–H and O–H groups in total. The van der Waals surface area contributed by atoms with Gasteiger partial charge in [-0.05, 0) is 30.7 Å². The molecular formula is C14H16BrN3O2. The zero-order valence-corrected chi connectivity index (χ0v) is 13.4. The van der Waals surface area contributed by atoms with Crippen LogP contribution in [0.4, 0.5) is 0 Å². The Morgan fingerprint density at radius 3 is 2.50 bits per heavy atom. The lowest BCUT2D eigenvalue weighted by Crippen LogP contribution is -2.19. The van der Waals surface area contributed by atoms with Crippen LogP contribution in [0.25, 0.3) is 5.69 Å². The number of aromatic carboxylic acids is 1. The molecule has 0 bridgehead atoms. The van der Waals surface area contributed by atoms with Crippen LogP contribution in [0.2, 0.25) is 0 Å². The summed E-state index contributed by atoms with van der Waals surface area (Å²) in [4.78, 5) is 15.3. The maximum atomic E-state index is 11.1. The van der Waals surface area contributed by atoms with E-state index in [1.54, 1.807) is 4.68 Å². The van der Waals surface area contributed by atoms with E-state index in [1.807, 2.05) is 45.9 Å².